The summed E-state index contributed by atoms with van der Waals surface area (Å²) in [4.78, 5) is 24.8. The summed E-state index contributed by atoms with van der Waals surface area (Å²) < 4.78 is 0. The molecule has 0 atom stereocenters. The van der Waals surface area contributed by atoms with Crippen LogP contribution in [0.4, 0.5) is 0 Å². The maximum Gasteiger partial charge on any atom is 0.329 e. The summed E-state index contributed by atoms with van der Waals surface area (Å²) in [6.07, 6.45) is 1.84. The van der Waals surface area contributed by atoms with Gasteiger partial charge < -0.3 is 10.4 Å². The SMILES string of the molecule is O=C(NC1(C(=O)O)CCC1)c1ccc(CSc2ccccc2)cc1. The molecule has 2 N–H and O–H groups in total. The molecule has 0 saturated heterocycles. The minimum Gasteiger partial charge on any atom is -0.480 e. The smallest absolute Gasteiger partial charge is 0.329 e. The number of rotatable bonds is 6. The van der Waals surface area contributed by atoms with E-state index in [-0.39, 0.29) is 5.91 Å². The molecule has 4 nitrogen and oxygen atoms in total. The lowest BCUT2D eigenvalue weighted by molar-refractivity contribution is -0.148. The lowest BCUT2D eigenvalue weighted by Crippen LogP contribution is -2.59. The first-order valence-electron chi connectivity index (χ1n) is 7.92. The topological polar surface area (TPSA) is 66.4 Å². The summed E-state index contributed by atoms with van der Waals surface area (Å²) in [5.74, 6) is -0.442. The van der Waals surface area contributed by atoms with Gasteiger partial charge in [-0.25, -0.2) is 4.79 Å². The first-order valence-corrected chi connectivity index (χ1v) is 8.90. The van der Waals surface area contributed by atoms with Crippen LogP contribution in [0.3, 0.4) is 0 Å². The van der Waals surface area contributed by atoms with Crippen LogP contribution < -0.4 is 5.32 Å². The van der Waals surface area contributed by atoms with Crippen molar-refractivity contribution in [3.05, 3.63) is 65.7 Å². The van der Waals surface area contributed by atoms with E-state index < -0.39 is 11.5 Å². The molecule has 2 aromatic carbocycles. The van der Waals surface area contributed by atoms with Crippen LogP contribution in [0.25, 0.3) is 0 Å². The Hall–Kier alpha value is -2.27. The summed E-state index contributed by atoms with van der Waals surface area (Å²) in [5, 5.41) is 12.0. The van der Waals surface area contributed by atoms with Crippen LogP contribution in [0.1, 0.15) is 35.2 Å². The number of aliphatic carboxylic acids is 1. The maximum absolute atomic E-state index is 12.3. The van der Waals surface area contributed by atoms with Crippen molar-refractivity contribution in [2.75, 3.05) is 0 Å². The summed E-state index contributed by atoms with van der Waals surface area (Å²) >= 11 is 1.74. The van der Waals surface area contributed by atoms with Crippen molar-refractivity contribution >= 4 is 23.6 Å². The minimum absolute atomic E-state index is 0.320. The Morgan fingerprint density at radius 1 is 1.04 bits per heavy atom. The standard InChI is InChI=1S/C19H19NO3S/c21-17(20-19(18(22)23)11-4-12-19)15-9-7-14(8-10-15)13-24-16-5-2-1-3-6-16/h1-3,5-10H,4,11-13H2,(H,20,21)(H,22,23). The number of carbonyl (C=O) groups is 2. The predicted molar refractivity (Wildman–Crippen MR) is 94.1 cm³/mol. The minimum atomic E-state index is -1.07. The fraction of sp³-hybridized carbons (Fsp3) is 0.263. The Labute approximate surface area is 145 Å². The van der Waals surface area contributed by atoms with Crippen molar-refractivity contribution in [2.24, 2.45) is 0 Å². The molecule has 0 spiro atoms. The largest absolute Gasteiger partial charge is 0.480 e. The van der Waals surface area contributed by atoms with Crippen molar-refractivity contribution in [3.8, 4) is 0 Å². The normalized spacial score (nSPS) is 15.3. The van der Waals surface area contributed by atoms with Crippen molar-refractivity contribution in [3.63, 3.8) is 0 Å². The molecule has 1 saturated carbocycles. The second-order valence-electron chi connectivity index (χ2n) is 5.99. The van der Waals surface area contributed by atoms with Crippen LogP contribution in [0, 0.1) is 0 Å². The van der Waals surface area contributed by atoms with Crippen molar-refractivity contribution in [1.29, 1.82) is 0 Å². The Kier molecular flexibility index (Phi) is 4.90. The highest BCUT2D eigenvalue weighted by Crippen LogP contribution is 2.32. The third-order valence-electron chi connectivity index (χ3n) is 4.33. The number of carboxylic acid groups (broad SMARTS) is 1. The van der Waals surface area contributed by atoms with Gasteiger partial charge in [0, 0.05) is 16.2 Å². The molecule has 3 rings (SSSR count). The zero-order valence-electron chi connectivity index (χ0n) is 13.2. The molecule has 0 radical (unpaired) electrons. The first-order chi connectivity index (χ1) is 11.6. The molecule has 5 heteroatoms. The average Bonchev–Trinajstić information content (AvgIpc) is 2.57. The molecule has 124 valence electrons. The van der Waals surface area contributed by atoms with Gasteiger partial charge in [0.25, 0.3) is 5.91 Å². The van der Waals surface area contributed by atoms with E-state index in [4.69, 9.17) is 0 Å². The van der Waals surface area contributed by atoms with E-state index in [1.165, 1.54) is 4.90 Å². The summed E-state index contributed by atoms with van der Waals surface area (Å²) in [7, 11) is 0. The van der Waals surface area contributed by atoms with Gasteiger partial charge in [-0.05, 0) is 49.1 Å². The third-order valence-corrected chi connectivity index (χ3v) is 5.42. The van der Waals surface area contributed by atoms with Crippen LogP contribution in [-0.4, -0.2) is 22.5 Å². The van der Waals surface area contributed by atoms with Crippen molar-refractivity contribution in [1.82, 2.24) is 5.32 Å². The van der Waals surface area contributed by atoms with E-state index in [0.717, 1.165) is 17.7 Å². The molecule has 2 aromatic rings. The van der Waals surface area contributed by atoms with E-state index >= 15 is 0 Å². The Morgan fingerprint density at radius 2 is 1.71 bits per heavy atom. The van der Waals surface area contributed by atoms with Gasteiger partial charge in [-0.3, -0.25) is 4.79 Å². The highest BCUT2D eigenvalue weighted by atomic mass is 32.2. The molecule has 0 heterocycles. The van der Waals surface area contributed by atoms with Gasteiger partial charge in [0.1, 0.15) is 5.54 Å². The number of hydrogen-bond donors (Lipinski definition) is 2. The van der Waals surface area contributed by atoms with Crippen molar-refractivity contribution in [2.45, 2.75) is 35.4 Å². The average molecular weight is 341 g/mol. The molecule has 1 aliphatic carbocycles. The number of hydrogen-bond acceptors (Lipinski definition) is 3. The maximum atomic E-state index is 12.3. The lowest BCUT2D eigenvalue weighted by atomic mass is 9.76. The molecule has 0 unspecified atom stereocenters. The number of carbonyl (C=O) groups excluding carboxylic acids is 1. The molecule has 0 aliphatic heterocycles. The molecule has 24 heavy (non-hydrogen) atoms. The number of amides is 1. The van der Waals surface area contributed by atoms with E-state index in [2.05, 4.69) is 17.4 Å². The number of nitrogens with one attached hydrogen (secondary N) is 1. The Bertz CT molecular complexity index is 724. The monoisotopic (exact) mass is 341 g/mol. The Balaban J connectivity index is 1.59. The zero-order chi connectivity index (χ0) is 17.0. The van der Waals surface area contributed by atoms with E-state index in [9.17, 15) is 14.7 Å². The van der Waals surface area contributed by atoms with Crippen LogP contribution in [-0.2, 0) is 10.5 Å². The molecule has 0 aromatic heterocycles. The van der Waals surface area contributed by atoms with Gasteiger partial charge in [0.15, 0.2) is 0 Å². The van der Waals surface area contributed by atoms with E-state index in [1.807, 2.05) is 30.3 Å². The van der Waals surface area contributed by atoms with Gasteiger partial charge in [-0.15, -0.1) is 11.8 Å². The zero-order valence-corrected chi connectivity index (χ0v) is 14.0. The van der Waals surface area contributed by atoms with Crippen molar-refractivity contribution < 1.29 is 14.7 Å². The quantitative estimate of drug-likeness (QED) is 0.786. The van der Waals surface area contributed by atoms with Gasteiger partial charge in [-0.2, -0.15) is 0 Å². The predicted octanol–water partition coefficient (Wildman–Crippen LogP) is 3.72. The highest BCUT2D eigenvalue weighted by Gasteiger charge is 2.45. The summed E-state index contributed by atoms with van der Waals surface area (Å²) in [5.41, 5.74) is 0.548. The molecule has 0 bridgehead atoms. The molecule has 1 aliphatic rings. The van der Waals surface area contributed by atoms with Crippen LogP contribution >= 0.6 is 11.8 Å². The number of thioether (sulfide) groups is 1. The van der Waals surface area contributed by atoms with Crippen LogP contribution in [0.5, 0.6) is 0 Å². The fourth-order valence-electron chi connectivity index (χ4n) is 2.65. The van der Waals surface area contributed by atoms with E-state index in [1.54, 1.807) is 23.9 Å². The highest BCUT2D eigenvalue weighted by molar-refractivity contribution is 7.98. The fourth-order valence-corrected chi connectivity index (χ4v) is 3.52. The first kappa shape index (κ1) is 16.6. The van der Waals surface area contributed by atoms with Crippen LogP contribution in [0.2, 0.25) is 0 Å². The molecular formula is C19H19NO3S. The van der Waals surface area contributed by atoms with Gasteiger partial charge in [0.2, 0.25) is 0 Å². The summed E-state index contributed by atoms with van der Waals surface area (Å²) in [6.45, 7) is 0. The Morgan fingerprint density at radius 3 is 2.25 bits per heavy atom. The second kappa shape index (κ2) is 7.09. The number of benzene rings is 2. The third kappa shape index (κ3) is 3.62. The second-order valence-corrected chi connectivity index (χ2v) is 7.04. The molecule has 1 fully saturated rings. The van der Waals surface area contributed by atoms with Crippen LogP contribution in [0.15, 0.2) is 59.5 Å². The summed E-state index contributed by atoms with van der Waals surface area (Å²) in [6, 6.07) is 17.5. The molecular weight excluding hydrogens is 322 g/mol. The lowest BCUT2D eigenvalue weighted by Gasteiger charge is -2.38. The van der Waals surface area contributed by atoms with Gasteiger partial charge in [0.05, 0.1) is 0 Å². The van der Waals surface area contributed by atoms with Gasteiger partial charge >= 0.3 is 5.97 Å². The number of carboxylic acids is 1. The van der Waals surface area contributed by atoms with Gasteiger partial charge in [-0.1, -0.05) is 30.3 Å². The van der Waals surface area contributed by atoms with E-state index in [0.29, 0.717) is 18.4 Å². The molecule has 1 amide bonds.